The minimum atomic E-state index is -0.291. The van der Waals surface area contributed by atoms with E-state index in [0.29, 0.717) is 24.8 Å². The van der Waals surface area contributed by atoms with Crippen LogP contribution in [0.15, 0.2) is 36.5 Å². The molecule has 0 bridgehead atoms. The molecule has 29 heavy (non-hydrogen) atoms. The second kappa shape index (κ2) is 9.34. The van der Waals surface area contributed by atoms with Gasteiger partial charge < -0.3 is 4.90 Å². The number of carbonyl (C=O) groups is 2. The Morgan fingerprint density at radius 3 is 2.45 bits per heavy atom. The van der Waals surface area contributed by atoms with Crippen LogP contribution in [0.25, 0.3) is 10.4 Å². The first-order valence-corrected chi connectivity index (χ1v) is 10.8. The molecule has 2 N–H and O–H groups in total. The van der Waals surface area contributed by atoms with Gasteiger partial charge in [-0.3, -0.25) is 20.4 Å². The van der Waals surface area contributed by atoms with E-state index >= 15 is 0 Å². The number of anilines is 1. The third-order valence-corrected chi connectivity index (χ3v) is 6.20. The minimum Gasteiger partial charge on any atom is -0.342 e. The molecule has 3 amide bonds. The van der Waals surface area contributed by atoms with E-state index in [2.05, 4.69) is 20.6 Å². The summed E-state index contributed by atoms with van der Waals surface area (Å²) in [5.74, 6) is 0.222. The molecule has 1 aromatic heterocycles. The van der Waals surface area contributed by atoms with Gasteiger partial charge in [-0.05, 0) is 18.4 Å². The summed E-state index contributed by atoms with van der Waals surface area (Å²) in [6, 6.07) is 9.68. The topological polar surface area (TPSA) is 80.8 Å². The predicted molar refractivity (Wildman–Crippen MR) is 114 cm³/mol. The van der Waals surface area contributed by atoms with Gasteiger partial charge in [-0.2, -0.15) is 0 Å². The highest BCUT2D eigenvalue weighted by Gasteiger charge is 2.24. The van der Waals surface area contributed by atoms with E-state index in [-0.39, 0.29) is 11.9 Å². The first-order chi connectivity index (χ1) is 14.2. The van der Waals surface area contributed by atoms with Crippen molar-refractivity contribution in [2.24, 2.45) is 0 Å². The molecule has 0 unspecified atom stereocenters. The summed E-state index contributed by atoms with van der Waals surface area (Å²) in [6.45, 7) is 5.15. The molecule has 2 saturated heterocycles. The van der Waals surface area contributed by atoms with Crippen LogP contribution in [0.1, 0.15) is 12.8 Å². The second-order valence-electron chi connectivity index (χ2n) is 7.31. The number of nitrogens with one attached hydrogen (secondary N) is 2. The van der Waals surface area contributed by atoms with Gasteiger partial charge in [0.15, 0.2) is 5.13 Å². The third-order valence-electron chi connectivity index (χ3n) is 5.23. The number of thiazole rings is 1. The summed E-state index contributed by atoms with van der Waals surface area (Å²) in [4.78, 5) is 34.0. The van der Waals surface area contributed by atoms with Crippen LogP contribution in [-0.2, 0) is 4.79 Å². The number of hydrazine groups is 1. The molecule has 0 saturated carbocycles. The number of likely N-dealkylation sites (tertiary alicyclic amines) is 1. The fraction of sp³-hybridized carbons (Fsp3) is 0.450. The minimum absolute atomic E-state index is 0.222. The molecule has 2 aromatic rings. The van der Waals surface area contributed by atoms with Crippen LogP contribution < -0.4 is 10.7 Å². The standard InChI is InChI=1S/C20H26N6O2S/c27-18(25-8-4-5-9-25)15-24-10-12-26(13-11-24)23-19(28)22-20-21-14-17(29-20)16-6-2-1-3-7-16/h1-3,6-7,14H,4-5,8-13,15H2,(H2,21,22,23,28). The van der Waals surface area contributed by atoms with Crippen LogP contribution >= 0.6 is 11.3 Å². The SMILES string of the molecule is O=C(Nc1ncc(-c2ccccc2)s1)NN1CCN(CC(=O)N2CCCC2)CC1. The van der Waals surface area contributed by atoms with E-state index in [0.717, 1.165) is 49.5 Å². The third kappa shape index (κ3) is 5.31. The molecular weight excluding hydrogens is 388 g/mol. The maximum absolute atomic E-state index is 12.3. The monoisotopic (exact) mass is 414 g/mol. The molecule has 2 aliphatic heterocycles. The van der Waals surface area contributed by atoms with Crippen molar-refractivity contribution in [1.82, 2.24) is 25.2 Å². The Hall–Kier alpha value is -2.49. The average Bonchev–Trinajstić information content (AvgIpc) is 3.42. The lowest BCUT2D eigenvalue weighted by Crippen LogP contribution is -2.55. The number of piperazine rings is 1. The first kappa shape index (κ1) is 19.8. The van der Waals surface area contributed by atoms with Gasteiger partial charge in [0.25, 0.3) is 0 Å². The molecule has 4 rings (SSSR count). The molecule has 2 aliphatic rings. The number of urea groups is 1. The summed E-state index contributed by atoms with van der Waals surface area (Å²) in [5, 5.41) is 5.25. The molecule has 0 spiro atoms. The van der Waals surface area contributed by atoms with E-state index < -0.39 is 0 Å². The number of amides is 3. The number of benzene rings is 1. The highest BCUT2D eigenvalue weighted by Crippen LogP contribution is 2.28. The van der Waals surface area contributed by atoms with E-state index in [1.807, 2.05) is 40.2 Å². The predicted octanol–water partition coefficient (Wildman–Crippen LogP) is 2.09. The van der Waals surface area contributed by atoms with Gasteiger partial charge in [0.2, 0.25) is 5.91 Å². The summed E-state index contributed by atoms with van der Waals surface area (Å²) in [6.07, 6.45) is 4.00. The molecular formula is C20H26N6O2S. The lowest BCUT2D eigenvalue weighted by atomic mass is 10.2. The van der Waals surface area contributed by atoms with Crippen LogP contribution in [0.3, 0.4) is 0 Å². The molecule has 0 aliphatic carbocycles. The highest BCUT2D eigenvalue weighted by molar-refractivity contribution is 7.19. The molecule has 1 aromatic carbocycles. The maximum atomic E-state index is 12.3. The number of nitrogens with zero attached hydrogens (tertiary/aromatic N) is 4. The lowest BCUT2D eigenvalue weighted by molar-refractivity contribution is -0.131. The van der Waals surface area contributed by atoms with Crippen molar-refractivity contribution in [2.75, 3.05) is 51.1 Å². The molecule has 154 valence electrons. The van der Waals surface area contributed by atoms with Crippen LogP contribution in [0.4, 0.5) is 9.93 Å². The van der Waals surface area contributed by atoms with Gasteiger partial charge in [0.05, 0.1) is 11.4 Å². The molecule has 8 nitrogen and oxygen atoms in total. The summed E-state index contributed by atoms with van der Waals surface area (Å²) < 4.78 is 0. The van der Waals surface area contributed by atoms with Crippen LogP contribution in [0, 0.1) is 0 Å². The summed E-state index contributed by atoms with van der Waals surface area (Å²) >= 11 is 1.44. The van der Waals surface area contributed by atoms with Crippen molar-refractivity contribution >= 4 is 28.4 Å². The van der Waals surface area contributed by atoms with Crippen LogP contribution in [-0.4, -0.2) is 77.5 Å². The fourth-order valence-corrected chi connectivity index (χ4v) is 4.43. The van der Waals surface area contributed by atoms with Crippen molar-refractivity contribution in [2.45, 2.75) is 12.8 Å². The van der Waals surface area contributed by atoms with Gasteiger partial charge in [0.1, 0.15) is 0 Å². The van der Waals surface area contributed by atoms with Crippen molar-refractivity contribution in [3.05, 3.63) is 36.5 Å². The molecule has 0 atom stereocenters. The molecule has 0 radical (unpaired) electrons. The van der Waals surface area contributed by atoms with Gasteiger partial charge in [-0.15, -0.1) is 0 Å². The number of hydrogen-bond donors (Lipinski definition) is 2. The Morgan fingerprint density at radius 2 is 1.72 bits per heavy atom. The van der Waals surface area contributed by atoms with Crippen LogP contribution in [0.2, 0.25) is 0 Å². The van der Waals surface area contributed by atoms with E-state index in [1.165, 1.54) is 11.3 Å². The number of rotatable bonds is 5. The average molecular weight is 415 g/mol. The molecule has 2 fully saturated rings. The zero-order valence-electron chi connectivity index (χ0n) is 16.3. The number of carbonyl (C=O) groups excluding carboxylic acids is 2. The molecule has 9 heteroatoms. The number of aromatic nitrogens is 1. The zero-order chi connectivity index (χ0) is 20.1. The number of hydrogen-bond acceptors (Lipinski definition) is 6. The Balaban J connectivity index is 1.20. The van der Waals surface area contributed by atoms with Gasteiger partial charge in [-0.1, -0.05) is 41.7 Å². The Morgan fingerprint density at radius 1 is 1.00 bits per heavy atom. The second-order valence-corrected chi connectivity index (χ2v) is 8.34. The van der Waals surface area contributed by atoms with Crippen molar-refractivity contribution < 1.29 is 9.59 Å². The zero-order valence-corrected chi connectivity index (χ0v) is 17.2. The van der Waals surface area contributed by atoms with E-state index in [4.69, 9.17) is 0 Å². The van der Waals surface area contributed by atoms with Gasteiger partial charge in [-0.25, -0.2) is 14.8 Å². The lowest BCUT2D eigenvalue weighted by Gasteiger charge is -2.34. The largest absolute Gasteiger partial charge is 0.342 e. The van der Waals surface area contributed by atoms with Crippen molar-refractivity contribution in [3.63, 3.8) is 0 Å². The van der Waals surface area contributed by atoms with E-state index in [9.17, 15) is 9.59 Å². The smallest absolute Gasteiger partial charge is 0.335 e. The molecule has 3 heterocycles. The highest BCUT2D eigenvalue weighted by atomic mass is 32.1. The van der Waals surface area contributed by atoms with Crippen molar-refractivity contribution in [3.8, 4) is 10.4 Å². The first-order valence-electron chi connectivity index (χ1n) is 10.0. The van der Waals surface area contributed by atoms with Gasteiger partial charge in [0, 0.05) is 45.5 Å². The Bertz CT molecular complexity index is 829. The Labute approximate surface area is 174 Å². The quantitative estimate of drug-likeness (QED) is 0.783. The van der Waals surface area contributed by atoms with Gasteiger partial charge >= 0.3 is 6.03 Å². The van der Waals surface area contributed by atoms with Crippen molar-refractivity contribution in [1.29, 1.82) is 0 Å². The maximum Gasteiger partial charge on any atom is 0.335 e. The van der Waals surface area contributed by atoms with E-state index in [1.54, 1.807) is 6.20 Å². The fourth-order valence-electron chi connectivity index (χ4n) is 3.61. The summed E-state index contributed by atoms with van der Waals surface area (Å²) in [5.41, 5.74) is 3.95. The van der Waals surface area contributed by atoms with Crippen LogP contribution in [0.5, 0.6) is 0 Å². The normalized spacial score (nSPS) is 18.0. The Kier molecular flexibility index (Phi) is 6.38. The summed E-state index contributed by atoms with van der Waals surface area (Å²) in [7, 11) is 0.